The van der Waals surface area contributed by atoms with Crippen molar-refractivity contribution in [2.45, 2.75) is 0 Å². The van der Waals surface area contributed by atoms with E-state index in [0.29, 0.717) is 11.0 Å². The molecule has 154 valence electrons. The topological polar surface area (TPSA) is 123 Å². The number of carbonyl (C=O) groups is 1. The minimum Gasteiger partial charge on any atom is -0.448 e. The molecule has 0 aliphatic heterocycles. The molecule has 12 heteroatoms. The molecule has 29 heavy (non-hydrogen) atoms. The van der Waals surface area contributed by atoms with Gasteiger partial charge in [0.05, 0.1) is 23.9 Å². The Morgan fingerprint density at radius 2 is 2.14 bits per heavy atom. The van der Waals surface area contributed by atoms with E-state index >= 15 is 0 Å². The SMILES string of the molecule is CS(=O)(=O)NCCONC(=O)c1oc2ccncc2c1Nc1ccc(I)cc1F. The molecule has 3 N–H and O–H groups in total. The molecule has 0 bridgehead atoms. The molecule has 0 aliphatic rings. The van der Waals surface area contributed by atoms with Crippen molar-refractivity contribution in [3.63, 3.8) is 0 Å². The number of amides is 1. The van der Waals surface area contributed by atoms with Gasteiger partial charge in [0.25, 0.3) is 0 Å². The Hall–Kier alpha value is -2.29. The van der Waals surface area contributed by atoms with E-state index in [1.54, 1.807) is 18.2 Å². The van der Waals surface area contributed by atoms with Gasteiger partial charge in [-0.1, -0.05) is 0 Å². The first kappa shape index (κ1) is 21.4. The normalized spacial score (nSPS) is 11.6. The molecule has 1 amide bonds. The molecule has 0 radical (unpaired) electrons. The zero-order chi connectivity index (χ0) is 21.0. The van der Waals surface area contributed by atoms with Gasteiger partial charge in [-0.15, -0.1) is 0 Å². The van der Waals surface area contributed by atoms with Gasteiger partial charge in [-0.3, -0.25) is 14.6 Å². The molecule has 0 spiro atoms. The number of anilines is 2. The molecule has 3 aromatic rings. The predicted molar refractivity (Wildman–Crippen MR) is 113 cm³/mol. The Balaban J connectivity index is 1.80. The number of fused-ring (bicyclic) bond motifs is 1. The molecule has 9 nitrogen and oxygen atoms in total. The zero-order valence-electron chi connectivity index (χ0n) is 15.0. The molecule has 0 saturated carbocycles. The maximum absolute atomic E-state index is 14.3. The van der Waals surface area contributed by atoms with Crippen LogP contribution in [-0.2, 0) is 14.9 Å². The largest absolute Gasteiger partial charge is 0.448 e. The minimum absolute atomic E-state index is 0.0257. The van der Waals surface area contributed by atoms with Crippen LogP contribution in [0.3, 0.4) is 0 Å². The fourth-order valence-electron chi connectivity index (χ4n) is 2.39. The number of benzene rings is 1. The second-order valence-electron chi connectivity index (χ2n) is 5.87. The highest BCUT2D eigenvalue weighted by Gasteiger charge is 2.22. The number of carbonyl (C=O) groups excluding carboxylic acids is 1. The van der Waals surface area contributed by atoms with Crippen molar-refractivity contribution in [1.29, 1.82) is 0 Å². The molecule has 0 saturated heterocycles. The fraction of sp³-hybridized carbons (Fsp3) is 0.176. The zero-order valence-corrected chi connectivity index (χ0v) is 18.0. The standard InChI is InChI=1S/C17H16FIN4O5S/c1-29(25,26)21-6-7-27-23-17(24)16-15(11-9-20-5-4-14(11)28-16)22-13-3-2-10(19)8-12(13)18/h2-5,8-9,21-22H,6-7H2,1H3,(H,23,24). The van der Waals surface area contributed by atoms with Crippen molar-refractivity contribution in [2.75, 3.05) is 24.7 Å². The summed E-state index contributed by atoms with van der Waals surface area (Å²) in [5.41, 5.74) is 2.93. The highest BCUT2D eigenvalue weighted by atomic mass is 127. The molecule has 0 unspecified atom stereocenters. The number of nitrogens with one attached hydrogen (secondary N) is 3. The third-order valence-electron chi connectivity index (χ3n) is 3.62. The van der Waals surface area contributed by atoms with Gasteiger partial charge >= 0.3 is 5.91 Å². The lowest BCUT2D eigenvalue weighted by atomic mass is 10.2. The Morgan fingerprint density at radius 1 is 1.34 bits per heavy atom. The van der Waals surface area contributed by atoms with Gasteiger partial charge in [0, 0.05) is 22.5 Å². The summed E-state index contributed by atoms with van der Waals surface area (Å²) in [5.74, 6) is -1.36. The van der Waals surface area contributed by atoms with Gasteiger partial charge in [0.1, 0.15) is 17.1 Å². The summed E-state index contributed by atoms with van der Waals surface area (Å²) < 4.78 is 44.8. The third kappa shape index (κ3) is 5.62. The highest BCUT2D eigenvalue weighted by Crippen LogP contribution is 2.33. The Labute approximate surface area is 179 Å². The van der Waals surface area contributed by atoms with Crippen LogP contribution in [0.25, 0.3) is 11.0 Å². The summed E-state index contributed by atoms with van der Waals surface area (Å²) in [7, 11) is -3.36. The van der Waals surface area contributed by atoms with E-state index in [9.17, 15) is 17.6 Å². The van der Waals surface area contributed by atoms with Crippen molar-refractivity contribution in [3.8, 4) is 0 Å². The van der Waals surface area contributed by atoms with E-state index in [4.69, 9.17) is 9.25 Å². The molecule has 0 fully saturated rings. The number of nitrogens with zero attached hydrogens (tertiary/aromatic N) is 1. The van der Waals surface area contributed by atoms with E-state index in [1.807, 2.05) is 22.6 Å². The molecule has 3 rings (SSSR count). The number of hydroxylamine groups is 1. The van der Waals surface area contributed by atoms with E-state index < -0.39 is 21.7 Å². The number of sulfonamides is 1. The highest BCUT2D eigenvalue weighted by molar-refractivity contribution is 14.1. The monoisotopic (exact) mass is 534 g/mol. The summed E-state index contributed by atoms with van der Waals surface area (Å²) in [4.78, 5) is 21.5. The molecular weight excluding hydrogens is 518 g/mol. The van der Waals surface area contributed by atoms with Crippen LogP contribution in [0.4, 0.5) is 15.8 Å². The quantitative estimate of drug-likeness (QED) is 0.231. The van der Waals surface area contributed by atoms with Crippen LogP contribution in [-0.4, -0.2) is 38.7 Å². The van der Waals surface area contributed by atoms with Gasteiger partial charge in [-0.25, -0.2) is 23.0 Å². The van der Waals surface area contributed by atoms with Gasteiger partial charge in [-0.05, 0) is 46.9 Å². The lowest BCUT2D eigenvalue weighted by molar-refractivity contribution is 0.0315. The number of rotatable bonds is 8. The maximum Gasteiger partial charge on any atom is 0.312 e. The third-order valence-corrected chi connectivity index (χ3v) is 5.02. The summed E-state index contributed by atoms with van der Waals surface area (Å²) in [6.07, 6.45) is 3.99. The van der Waals surface area contributed by atoms with Crippen molar-refractivity contribution in [3.05, 3.63) is 51.8 Å². The Morgan fingerprint density at radius 3 is 2.86 bits per heavy atom. The number of aromatic nitrogens is 1. The summed E-state index contributed by atoms with van der Waals surface area (Å²) in [5, 5.41) is 3.35. The number of furan rings is 1. The van der Waals surface area contributed by atoms with Crippen molar-refractivity contribution in [1.82, 2.24) is 15.2 Å². The number of hydrogen-bond acceptors (Lipinski definition) is 7. The summed E-state index contributed by atoms with van der Waals surface area (Å²) in [6.45, 7) is -0.128. The van der Waals surface area contributed by atoms with Gasteiger partial charge in [0.15, 0.2) is 0 Å². The van der Waals surface area contributed by atoms with Crippen LogP contribution in [0.15, 0.2) is 41.1 Å². The first-order valence-electron chi connectivity index (χ1n) is 8.20. The van der Waals surface area contributed by atoms with Crippen molar-refractivity contribution >= 4 is 60.9 Å². The fourth-order valence-corrected chi connectivity index (χ4v) is 3.30. The molecule has 0 aliphatic carbocycles. The van der Waals surface area contributed by atoms with Crippen molar-refractivity contribution < 1.29 is 26.9 Å². The second-order valence-corrected chi connectivity index (χ2v) is 8.95. The second kappa shape index (κ2) is 9.02. The van der Waals surface area contributed by atoms with Crippen LogP contribution in [0.1, 0.15) is 10.6 Å². The molecule has 2 aromatic heterocycles. The van der Waals surface area contributed by atoms with Crippen LogP contribution in [0.2, 0.25) is 0 Å². The van der Waals surface area contributed by atoms with Crippen molar-refractivity contribution in [2.24, 2.45) is 0 Å². The smallest absolute Gasteiger partial charge is 0.312 e. The number of halogens is 2. The molecule has 1 aromatic carbocycles. The lowest BCUT2D eigenvalue weighted by Crippen LogP contribution is -2.31. The average Bonchev–Trinajstić information content (AvgIpc) is 3.01. The van der Waals surface area contributed by atoms with Crippen LogP contribution < -0.4 is 15.5 Å². The summed E-state index contributed by atoms with van der Waals surface area (Å²) >= 11 is 1.99. The molecular formula is C17H16FIN4O5S. The first-order valence-corrected chi connectivity index (χ1v) is 11.2. The average molecular weight is 534 g/mol. The van der Waals surface area contributed by atoms with E-state index in [1.165, 1.54) is 18.5 Å². The van der Waals surface area contributed by atoms with E-state index in [-0.39, 0.29) is 30.3 Å². The van der Waals surface area contributed by atoms with Gasteiger partial charge < -0.3 is 9.73 Å². The first-order chi connectivity index (χ1) is 13.7. The van der Waals surface area contributed by atoms with E-state index in [2.05, 4.69) is 20.5 Å². The van der Waals surface area contributed by atoms with Gasteiger partial charge in [-0.2, -0.15) is 0 Å². The Kier molecular flexibility index (Phi) is 6.66. The number of hydrogen-bond donors (Lipinski definition) is 3. The maximum atomic E-state index is 14.3. The van der Waals surface area contributed by atoms with Crippen LogP contribution in [0.5, 0.6) is 0 Å². The van der Waals surface area contributed by atoms with Crippen LogP contribution >= 0.6 is 22.6 Å². The minimum atomic E-state index is -3.36. The molecule has 2 heterocycles. The van der Waals surface area contributed by atoms with Gasteiger partial charge in [0.2, 0.25) is 15.8 Å². The lowest BCUT2D eigenvalue weighted by Gasteiger charge is -2.09. The van der Waals surface area contributed by atoms with Crippen LogP contribution in [0, 0.1) is 9.39 Å². The predicted octanol–water partition coefficient (Wildman–Crippen LogP) is 2.53. The molecule has 0 atom stereocenters. The number of pyridine rings is 1. The summed E-state index contributed by atoms with van der Waals surface area (Å²) in [6, 6.07) is 6.17. The Bertz CT molecular complexity index is 1150. The van der Waals surface area contributed by atoms with E-state index in [0.717, 1.165) is 9.83 Å².